The van der Waals surface area contributed by atoms with Crippen LogP contribution < -0.4 is 10.0 Å². The number of sulfonamides is 2. The minimum absolute atomic E-state index is 0.0687. The van der Waals surface area contributed by atoms with Crippen LogP contribution in [0.2, 0.25) is 0 Å². The average molecular weight is 610 g/mol. The number of carbonyl (C=O) groups excluding carboxylic acids is 2. The Morgan fingerprint density at radius 3 is 2.03 bits per heavy atom. The summed E-state index contributed by atoms with van der Waals surface area (Å²) < 4.78 is 65.4. The molecule has 2 N–H and O–H groups in total. The van der Waals surface area contributed by atoms with E-state index in [0.717, 1.165) is 21.3 Å². The summed E-state index contributed by atoms with van der Waals surface area (Å²) in [4.78, 5) is 26.9. The molecule has 1 aliphatic rings. The minimum Gasteiger partial charge on any atom is -0.274 e. The predicted octanol–water partition coefficient (Wildman–Crippen LogP) is 2.80. The van der Waals surface area contributed by atoms with Crippen molar-refractivity contribution in [3.63, 3.8) is 0 Å². The molecule has 1 atom stereocenters. The van der Waals surface area contributed by atoms with Gasteiger partial charge in [-0.05, 0) is 72.6 Å². The highest BCUT2D eigenvalue weighted by Crippen LogP contribution is 2.30. The number of hydrogen-bond donors (Lipinski definition) is 1. The van der Waals surface area contributed by atoms with Gasteiger partial charge in [-0.3, -0.25) is 9.59 Å². The van der Waals surface area contributed by atoms with E-state index in [2.05, 4.69) is 15.9 Å². The largest absolute Gasteiger partial charge is 0.274 e. The molecule has 3 aromatic carbocycles. The van der Waals surface area contributed by atoms with E-state index in [4.69, 9.17) is 5.14 Å². The first kappa shape index (κ1) is 27.1. The normalized spacial score (nSPS) is 16.5. The second kappa shape index (κ2) is 10.4. The summed E-state index contributed by atoms with van der Waals surface area (Å²) in [5.41, 5.74) is 0.731. The predicted molar refractivity (Wildman–Crippen MR) is 137 cm³/mol. The van der Waals surface area contributed by atoms with Crippen LogP contribution in [0.25, 0.3) is 0 Å². The van der Waals surface area contributed by atoms with Gasteiger partial charge in [-0.25, -0.2) is 31.3 Å². The first-order valence-electron chi connectivity index (χ1n) is 10.9. The molecular formula is C24H21BrFN3O6S2. The Balaban J connectivity index is 1.67. The fraction of sp³-hybridized carbons (Fsp3) is 0.167. The van der Waals surface area contributed by atoms with Crippen LogP contribution >= 0.6 is 15.9 Å². The van der Waals surface area contributed by atoms with E-state index in [1.807, 2.05) is 0 Å². The molecule has 13 heteroatoms. The number of carbonyl (C=O) groups is 2. The van der Waals surface area contributed by atoms with Crippen molar-refractivity contribution >= 4 is 53.5 Å². The highest BCUT2D eigenvalue weighted by Gasteiger charge is 2.46. The van der Waals surface area contributed by atoms with E-state index >= 15 is 0 Å². The Labute approximate surface area is 221 Å². The molecule has 4 rings (SSSR count). The van der Waals surface area contributed by atoms with E-state index in [1.165, 1.54) is 48.5 Å². The molecule has 1 unspecified atom stereocenters. The molecule has 0 aliphatic carbocycles. The number of hydrogen-bond acceptors (Lipinski definition) is 6. The van der Waals surface area contributed by atoms with Gasteiger partial charge in [0.1, 0.15) is 11.9 Å². The lowest BCUT2D eigenvalue weighted by Crippen LogP contribution is -2.46. The van der Waals surface area contributed by atoms with Gasteiger partial charge in [-0.1, -0.05) is 28.1 Å². The summed E-state index contributed by atoms with van der Waals surface area (Å²) in [6, 6.07) is 14.9. The molecular weight excluding hydrogens is 589 g/mol. The molecule has 0 radical (unpaired) electrons. The maximum atomic E-state index is 13.7. The minimum atomic E-state index is -4.23. The molecule has 1 fully saturated rings. The van der Waals surface area contributed by atoms with Crippen molar-refractivity contribution in [3.8, 4) is 0 Å². The van der Waals surface area contributed by atoms with Crippen LogP contribution in [-0.2, 0) is 36.1 Å². The van der Waals surface area contributed by atoms with Gasteiger partial charge in [0.25, 0.3) is 5.91 Å². The first-order valence-corrected chi connectivity index (χ1v) is 14.7. The smallest absolute Gasteiger partial charge is 0.252 e. The third kappa shape index (κ3) is 5.80. The van der Waals surface area contributed by atoms with Gasteiger partial charge in [0.15, 0.2) is 0 Å². The van der Waals surface area contributed by atoms with Crippen LogP contribution in [0.1, 0.15) is 12.0 Å². The highest BCUT2D eigenvalue weighted by atomic mass is 79.9. The van der Waals surface area contributed by atoms with Crippen molar-refractivity contribution in [2.24, 2.45) is 5.14 Å². The lowest BCUT2D eigenvalue weighted by Gasteiger charge is -2.27. The fourth-order valence-electron chi connectivity index (χ4n) is 3.97. The Morgan fingerprint density at radius 1 is 0.892 bits per heavy atom. The molecule has 37 heavy (non-hydrogen) atoms. The molecule has 9 nitrogen and oxygen atoms in total. The Morgan fingerprint density at radius 2 is 1.46 bits per heavy atom. The zero-order valence-electron chi connectivity index (χ0n) is 19.1. The van der Waals surface area contributed by atoms with Crippen LogP contribution in [0.5, 0.6) is 0 Å². The number of halogens is 2. The number of imide groups is 1. The molecule has 194 valence electrons. The van der Waals surface area contributed by atoms with Crippen molar-refractivity contribution in [1.29, 1.82) is 0 Å². The molecule has 0 spiro atoms. The van der Waals surface area contributed by atoms with Crippen molar-refractivity contribution in [2.45, 2.75) is 28.7 Å². The summed E-state index contributed by atoms with van der Waals surface area (Å²) in [6.45, 7) is -0.173. The number of anilines is 1. The summed E-state index contributed by atoms with van der Waals surface area (Å²) in [5.74, 6) is -1.91. The van der Waals surface area contributed by atoms with Gasteiger partial charge in [-0.15, -0.1) is 0 Å². The number of primary sulfonamides is 1. The molecule has 1 saturated heterocycles. The Bertz CT molecular complexity index is 1550. The van der Waals surface area contributed by atoms with E-state index in [0.29, 0.717) is 10.0 Å². The summed E-state index contributed by atoms with van der Waals surface area (Å²) >= 11 is 3.26. The number of nitrogens with two attached hydrogens (primary N) is 1. The molecule has 0 bridgehead atoms. The highest BCUT2D eigenvalue weighted by molar-refractivity contribution is 9.10. The number of rotatable bonds is 8. The lowest BCUT2D eigenvalue weighted by molar-refractivity contribution is -0.122. The quantitative estimate of drug-likeness (QED) is 0.390. The zero-order valence-corrected chi connectivity index (χ0v) is 22.3. The molecule has 0 saturated carbocycles. The van der Waals surface area contributed by atoms with Gasteiger partial charge >= 0.3 is 0 Å². The van der Waals surface area contributed by atoms with Crippen molar-refractivity contribution in [1.82, 2.24) is 4.31 Å². The summed E-state index contributed by atoms with van der Waals surface area (Å²) in [5, 5.41) is 5.13. The monoisotopic (exact) mass is 609 g/mol. The van der Waals surface area contributed by atoms with Crippen LogP contribution in [0.3, 0.4) is 0 Å². The van der Waals surface area contributed by atoms with Gasteiger partial charge in [-0.2, -0.15) is 4.31 Å². The second-order valence-corrected chi connectivity index (χ2v) is 12.6. The van der Waals surface area contributed by atoms with Crippen LogP contribution in [-0.4, -0.2) is 45.5 Å². The maximum absolute atomic E-state index is 13.7. The van der Waals surface area contributed by atoms with Crippen LogP contribution in [0.4, 0.5) is 10.1 Å². The van der Waals surface area contributed by atoms with Crippen LogP contribution in [0.15, 0.2) is 87.1 Å². The first-order chi connectivity index (χ1) is 17.4. The van der Waals surface area contributed by atoms with Crippen molar-refractivity contribution in [2.75, 3.05) is 11.4 Å². The summed E-state index contributed by atoms with van der Waals surface area (Å²) in [7, 11) is -8.13. The van der Waals surface area contributed by atoms with E-state index in [9.17, 15) is 30.8 Å². The number of benzene rings is 3. The molecule has 1 heterocycles. The topological polar surface area (TPSA) is 135 Å². The maximum Gasteiger partial charge on any atom is 0.252 e. The van der Waals surface area contributed by atoms with E-state index in [1.54, 1.807) is 12.1 Å². The molecule has 2 amide bonds. The average Bonchev–Trinajstić information content (AvgIpc) is 3.13. The zero-order chi connectivity index (χ0) is 27.0. The Hall–Kier alpha value is -2.97. The lowest BCUT2D eigenvalue weighted by atomic mass is 10.1. The van der Waals surface area contributed by atoms with Gasteiger partial charge in [0, 0.05) is 11.0 Å². The standard InChI is InChI=1S/C24H21BrFN3O6S2/c25-17-3-11-21(12-4-17)37(34,35)28(14-13-16-1-9-20(10-2-16)36(27,32)33)22-15-23(30)29(24(22)31)19-7-5-18(26)6-8-19/h1-12,22H,13-15H2,(H2,27,32,33). The third-order valence-corrected chi connectivity index (χ3v) is 9.23. The molecule has 0 aromatic heterocycles. The van der Waals surface area contributed by atoms with E-state index in [-0.39, 0.29) is 28.4 Å². The number of nitrogens with zero attached hydrogens (tertiary/aromatic N) is 2. The van der Waals surface area contributed by atoms with Crippen LogP contribution in [0, 0.1) is 5.82 Å². The van der Waals surface area contributed by atoms with Gasteiger partial charge < -0.3 is 0 Å². The van der Waals surface area contributed by atoms with Gasteiger partial charge in [0.2, 0.25) is 26.0 Å². The van der Waals surface area contributed by atoms with Crippen molar-refractivity contribution < 1.29 is 30.8 Å². The molecule has 3 aromatic rings. The molecule has 1 aliphatic heterocycles. The number of amides is 2. The van der Waals surface area contributed by atoms with E-state index < -0.39 is 50.1 Å². The van der Waals surface area contributed by atoms with Gasteiger partial charge in [0.05, 0.1) is 21.9 Å². The fourth-order valence-corrected chi connectivity index (χ4v) is 6.33. The second-order valence-electron chi connectivity index (χ2n) is 8.27. The Kier molecular flexibility index (Phi) is 7.62. The van der Waals surface area contributed by atoms with Crippen molar-refractivity contribution in [3.05, 3.63) is 88.6 Å². The SMILES string of the molecule is NS(=O)(=O)c1ccc(CCN(C2CC(=O)N(c3ccc(F)cc3)C2=O)S(=O)(=O)c2ccc(Br)cc2)cc1. The summed E-state index contributed by atoms with van der Waals surface area (Å²) in [6.07, 6.45) is -0.272. The third-order valence-electron chi connectivity index (χ3n) is 5.85.